The van der Waals surface area contributed by atoms with Crippen LogP contribution in [0.5, 0.6) is 0 Å². The van der Waals surface area contributed by atoms with Crippen molar-refractivity contribution in [1.29, 1.82) is 0 Å². The molecule has 0 bridgehead atoms. The van der Waals surface area contributed by atoms with Crippen LogP contribution < -0.4 is 0 Å². The maximum Gasteiger partial charge on any atom is 0.185 e. The Labute approximate surface area is 129 Å². The molecule has 0 aliphatic rings. The number of aromatic nitrogens is 1. The van der Waals surface area contributed by atoms with Gasteiger partial charge in [-0.1, -0.05) is 46.3 Å². The molecule has 0 amide bonds. The van der Waals surface area contributed by atoms with Gasteiger partial charge in [0.15, 0.2) is 5.78 Å². The van der Waals surface area contributed by atoms with Gasteiger partial charge in [0.25, 0.3) is 0 Å². The smallest absolute Gasteiger partial charge is 0.185 e. The van der Waals surface area contributed by atoms with Gasteiger partial charge in [-0.05, 0) is 29.8 Å². The highest BCUT2D eigenvalue weighted by atomic mass is 79.9. The molecular weight excluding hydrogens is 333 g/mol. The number of Topliss-reactive ketones (excluding diaryl/α,β-unsaturated/α-hetero) is 1. The van der Waals surface area contributed by atoms with E-state index < -0.39 is 0 Å². The molecule has 2 nitrogen and oxygen atoms in total. The molecule has 4 heteroatoms. The van der Waals surface area contributed by atoms with Crippen molar-refractivity contribution in [3.63, 3.8) is 0 Å². The summed E-state index contributed by atoms with van der Waals surface area (Å²) in [6.07, 6.45) is 0.187. The van der Waals surface area contributed by atoms with Crippen LogP contribution in [0.3, 0.4) is 0 Å². The first-order valence-corrected chi connectivity index (χ1v) is 7.26. The summed E-state index contributed by atoms with van der Waals surface area (Å²) in [7, 11) is 0. The Balaban J connectivity index is 1.89. The maximum absolute atomic E-state index is 13.1. The molecule has 3 aromatic rings. The SMILES string of the molecule is O=C(Cc1ccc(F)cc1Br)c1ccc2ccccc2n1. The quantitative estimate of drug-likeness (QED) is 0.652. The van der Waals surface area contributed by atoms with Gasteiger partial charge in [-0.25, -0.2) is 9.37 Å². The van der Waals surface area contributed by atoms with Crippen LogP contribution in [0, 0.1) is 5.82 Å². The van der Waals surface area contributed by atoms with E-state index in [2.05, 4.69) is 20.9 Å². The number of fused-ring (bicyclic) bond motifs is 1. The molecule has 3 rings (SSSR count). The van der Waals surface area contributed by atoms with Crippen LogP contribution in [-0.4, -0.2) is 10.8 Å². The molecule has 21 heavy (non-hydrogen) atoms. The minimum atomic E-state index is -0.332. The number of carbonyl (C=O) groups excluding carboxylic acids is 1. The van der Waals surface area contributed by atoms with Gasteiger partial charge in [-0.3, -0.25) is 4.79 Å². The van der Waals surface area contributed by atoms with Gasteiger partial charge in [0.05, 0.1) is 5.52 Å². The molecule has 0 unspecified atom stereocenters. The molecular formula is C17H11BrFNO. The Bertz CT molecular complexity index is 832. The molecule has 2 aromatic carbocycles. The van der Waals surface area contributed by atoms with Crippen LogP contribution >= 0.6 is 15.9 Å². The summed E-state index contributed by atoms with van der Waals surface area (Å²) in [5.74, 6) is -0.421. The summed E-state index contributed by atoms with van der Waals surface area (Å²) >= 11 is 3.28. The Morgan fingerprint density at radius 1 is 1.10 bits per heavy atom. The van der Waals surface area contributed by atoms with Crippen molar-refractivity contribution in [2.45, 2.75) is 6.42 Å². The number of para-hydroxylation sites is 1. The average molecular weight is 344 g/mol. The Morgan fingerprint density at radius 2 is 1.90 bits per heavy atom. The number of rotatable bonds is 3. The van der Waals surface area contributed by atoms with Crippen LogP contribution in [0.2, 0.25) is 0 Å². The van der Waals surface area contributed by atoms with E-state index in [0.29, 0.717) is 10.2 Å². The second kappa shape index (κ2) is 5.74. The molecule has 0 saturated carbocycles. The fourth-order valence-corrected chi connectivity index (χ4v) is 2.64. The Morgan fingerprint density at radius 3 is 2.71 bits per heavy atom. The monoisotopic (exact) mass is 343 g/mol. The van der Waals surface area contributed by atoms with Crippen LogP contribution in [0.15, 0.2) is 59.1 Å². The number of carbonyl (C=O) groups is 1. The number of pyridine rings is 1. The highest BCUT2D eigenvalue weighted by Crippen LogP contribution is 2.20. The number of hydrogen-bond acceptors (Lipinski definition) is 2. The minimum absolute atomic E-state index is 0.0898. The molecule has 0 N–H and O–H groups in total. The molecule has 0 aliphatic carbocycles. The molecule has 0 saturated heterocycles. The summed E-state index contributed by atoms with van der Waals surface area (Å²) in [5, 5.41) is 0.997. The lowest BCUT2D eigenvalue weighted by atomic mass is 10.1. The first kappa shape index (κ1) is 13.9. The van der Waals surface area contributed by atoms with E-state index >= 15 is 0 Å². The van der Waals surface area contributed by atoms with Crippen LogP contribution in [0.25, 0.3) is 10.9 Å². The summed E-state index contributed by atoms with van der Waals surface area (Å²) in [5.41, 5.74) is 1.96. The molecule has 0 radical (unpaired) electrons. The molecule has 1 aromatic heterocycles. The van der Waals surface area contributed by atoms with Crippen molar-refractivity contribution < 1.29 is 9.18 Å². The normalized spacial score (nSPS) is 10.8. The van der Waals surface area contributed by atoms with E-state index in [-0.39, 0.29) is 18.0 Å². The van der Waals surface area contributed by atoms with E-state index in [1.54, 1.807) is 12.1 Å². The highest BCUT2D eigenvalue weighted by Gasteiger charge is 2.12. The second-order valence-electron chi connectivity index (χ2n) is 4.72. The van der Waals surface area contributed by atoms with E-state index in [1.807, 2.05) is 30.3 Å². The van der Waals surface area contributed by atoms with Gasteiger partial charge in [0.1, 0.15) is 11.5 Å². The van der Waals surface area contributed by atoms with E-state index in [9.17, 15) is 9.18 Å². The summed E-state index contributed by atoms with van der Waals surface area (Å²) in [4.78, 5) is 16.7. The first-order valence-electron chi connectivity index (χ1n) is 6.46. The molecule has 0 fully saturated rings. The maximum atomic E-state index is 13.1. The number of ketones is 1. The third-order valence-corrected chi connectivity index (χ3v) is 3.99. The Kier molecular flexibility index (Phi) is 3.80. The second-order valence-corrected chi connectivity index (χ2v) is 5.58. The standard InChI is InChI=1S/C17H11BrFNO/c18-14-10-13(19)7-5-12(14)9-17(21)16-8-6-11-3-1-2-4-15(11)20-16/h1-8,10H,9H2. The zero-order chi connectivity index (χ0) is 14.8. The van der Waals surface area contributed by atoms with Crippen molar-refractivity contribution in [3.05, 3.63) is 76.1 Å². The van der Waals surface area contributed by atoms with Crippen molar-refractivity contribution in [3.8, 4) is 0 Å². The molecule has 0 atom stereocenters. The van der Waals surface area contributed by atoms with Crippen LogP contribution in [-0.2, 0) is 6.42 Å². The highest BCUT2D eigenvalue weighted by molar-refractivity contribution is 9.10. The first-order chi connectivity index (χ1) is 10.1. The number of benzene rings is 2. The predicted molar refractivity (Wildman–Crippen MR) is 83.9 cm³/mol. The van der Waals surface area contributed by atoms with Crippen LogP contribution in [0.1, 0.15) is 16.1 Å². The lowest BCUT2D eigenvalue weighted by molar-refractivity contribution is 0.0988. The third kappa shape index (κ3) is 3.00. The van der Waals surface area contributed by atoms with Gasteiger partial charge in [-0.2, -0.15) is 0 Å². The Hall–Kier alpha value is -2.07. The predicted octanol–water partition coefficient (Wildman–Crippen LogP) is 4.56. The minimum Gasteiger partial charge on any atom is -0.292 e. The van der Waals surface area contributed by atoms with Crippen LogP contribution in [0.4, 0.5) is 4.39 Å². The largest absolute Gasteiger partial charge is 0.292 e. The van der Waals surface area contributed by atoms with E-state index in [0.717, 1.165) is 16.5 Å². The molecule has 0 spiro atoms. The van der Waals surface area contributed by atoms with E-state index in [4.69, 9.17) is 0 Å². The molecule has 1 heterocycles. The van der Waals surface area contributed by atoms with Gasteiger partial charge in [0, 0.05) is 16.3 Å². The molecule has 104 valence electrons. The number of halogens is 2. The van der Waals surface area contributed by atoms with Crippen molar-refractivity contribution in [2.75, 3.05) is 0 Å². The summed E-state index contributed by atoms with van der Waals surface area (Å²) in [6, 6.07) is 15.6. The van der Waals surface area contributed by atoms with Crippen molar-refractivity contribution >= 4 is 32.6 Å². The van der Waals surface area contributed by atoms with Gasteiger partial charge in [-0.15, -0.1) is 0 Å². The third-order valence-electron chi connectivity index (χ3n) is 3.25. The van der Waals surface area contributed by atoms with Gasteiger partial charge >= 0.3 is 0 Å². The molecule has 0 aliphatic heterocycles. The zero-order valence-electron chi connectivity index (χ0n) is 11.0. The van der Waals surface area contributed by atoms with Gasteiger partial charge in [0.2, 0.25) is 0 Å². The number of nitrogens with zero attached hydrogens (tertiary/aromatic N) is 1. The topological polar surface area (TPSA) is 30.0 Å². The zero-order valence-corrected chi connectivity index (χ0v) is 12.6. The van der Waals surface area contributed by atoms with Crippen molar-refractivity contribution in [2.24, 2.45) is 0 Å². The average Bonchev–Trinajstić information content (AvgIpc) is 2.49. The fourth-order valence-electron chi connectivity index (χ4n) is 2.15. The summed E-state index contributed by atoms with van der Waals surface area (Å²) < 4.78 is 13.6. The van der Waals surface area contributed by atoms with Crippen molar-refractivity contribution in [1.82, 2.24) is 4.98 Å². The fraction of sp³-hybridized carbons (Fsp3) is 0.0588. The summed E-state index contributed by atoms with van der Waals surface area (Å²) in [6.45, 7) is 0. The number of hydrogen-bond donors (Lipinski definition) is 0. The lowest BCUT2D eigenvalue weighted by Crippen LogP contribution is -2.06. The van der Waals surface area contributed by atoms with E-state index in [1.165, 1.54) is 12.1 Å². The lowest BCUT2D eigenvalue weighted by Gasteiger charge is -2.05. The van der Waals surface area contributed by atoms with Gasteiger partial charge < -0.3 is 0 Å².